The Morgan fingerprint density at radius 1 is 1.45 bits per heavy atom. The van der Waals surface area contributed by atoms with E-state index in [1.807, 2.05) is 7.05 Å². The number of amides is 1. The second kappa shape index (κ2) is 6.84. The lowest BCUT2D eigenvalue weighted by Gasteiger charge is -2.27. The molecule has 1 saturated heterocycles. The minimum Gasteiger partial charge on any atom is -0.378 e. The number of anilines is 1. The molecule has 0 spiro atoms. The van der Waals surface area contributed by atoms with Crippen LogP contribution in [0.5, 0.6) is 0 Å². The van der Waals surface area contributed by atoms with Gasteiger partial charge in [-0.1, -0.05) is 24.4 Å². The van der Waals surface area contributed by atoms with E-state index < -0.39 is 0 Å². The monoisotopic (exact) mass is 323 g/mol. The average Bonchev–Trinajstić information content (AvgIpc) is 3.37. The maximum absolute atomic E-state index is 12.4. The standard InChI is InChI=1S/C16H22ClN3O2/c1-19(5-4-12-2-3-12)15-14(17)10-13(11-18-15)16(21)20-6-8-22-9-7-20/h10-12H,2-9H2,1H3. The molecule has 1 saturated carbocycles. The topological polar surface area (TPSA) is 45.7 Å². The van der Waals surface area contributed by atoms with Crippen LogP contribution >= 0.6 is 11.6 Å². The van der Waals surface area contributed by atoms with Gasteiger partial charge < -0.3 is 14.5 Å². The summed E-state index contributed by atoms with van der Waals surface area (Å²) in [7, 11) is 2.00. The van der Waals surface area contributed by atoms with Crippen LogP contribution in [0.2, 0.25) is 5.02 Å². The van der Waals surface area contributed by atoms with E-state index in [9.17, 15) is 4.79 Å². The number of rotatable bonds is 5. The van der Waals surface area contributed by atoms with Gasteiger partial charge in [-0.25, -0.2) is 4.98 Å². The molecule has 5 nitrogen and oxygen atoms in total. The number of pyridine rings is 1. The minimum absolute atomic E-state index is 0.0233. The van der Waals surface area contributed by atoms with Crippen LogP contribution < -0.4 is 4.90 Å². The zero-order valence-electron chi connectivity index (χ0n) is 12.9. The first kappa shape index (κ1) is 15.6. The normalized spacial score (nSPS) is 18.4. The summed E-state index contributed by atoms with van der Waals surface area (Å²) in [5, 5.41) is 0.539. The average molecular weight is 324 g/mol. The molecular weight excluding hydrogens is 302 g/mol. The number of hydrogen-bond acceptors (Lipinski definition) is 4. The Labute approximate surface area is 136 Å². The number of carbonyl (C=O) groups is 1. The molecule has 2 heterocycles. The highest BCUT2D eigenvalue weighted by Gasteiger charge is 2.23. The van der Waals surface area contributed by atoms with E-state index in [4.69, 9.17) is 16.3 Å². The lowest BCUT2D eigenvalue weighted by Crippen LogP contribution is -2.40. The van der Waals surface area contributed by atoms with Crippen molar-refractivity contribution in [2.75, 3.05) is 44.8 Å². The van der Waals surface area contributed by atoms with Gasteiger partial charge in [-0.3, -0.25) is 4.79 Å². The second-order valence-electron chi connectivity index (χ2n) is 6.09. The molecule has 1 aliphatic heterocycles. The maximum Gasteiger partial charge on any atom is 0.255 e. The molecule has 0 radical (unpaired) electrons. The first-order valence-corrected chi connectivity index (χ1v) is 8.26. The van der Waals surface area contributed by atoms with Gasteiger partial charge in [-0.2, -0.15) is 0 Å². The minimum atomic E-state index is -0.0233. The molecule has 0 N–H and O–H groups in total. The summed E-state index contributed by atoms with van der Waals surface area (Å²) in [5.41, 5.74) is 0.547. The third-order valence-corrected chi connectivity index (χ3v) is 4.58. The lowest BCUT2D eigenvalue weighted by atomic mass is 10.2. The molecule has 0 bridgehead atoms. The summed E-state index contributed by atoms with van der Waals surface area (Å²) < 4.78 is 5.27. The van der Waals surface area contributed by atoms with Crippen molar-refractivity contribution in [1.29, 1.82) is 0 Å². The fourth-order valence-corrected chi connectivity index (χ4v) is 2.98. The quantitative estimate of drug-likeness (QED) is 0.835. The van der Waals surface area contributed by atoms with Crippen molar-refractivity contribution < 1.29 is 9.53 Å². The predicted octanol–water partition coefficient (Wildman–Crippen LogP) is 2.44. The Hall–Kier alpha value is -1.33. The Balaban J connectivity index is 1.66. The van der Waals surface area contributed by atoms with Crippen LogP contribution in [0.25, 0.3) is 0 Å². The van der Waals surface area contributed by atoms with E-state index in [0.717, 1.165) is 18.3 Å². The predicted molar refractivity (Wildman–Crippen MR) is 86.6 cm³/mol. The zero-order chi connectivity index (χ0) is 15.5. The summed E-state index contributed by atoms with van der Waals surface area (Å²) in [6.07, 6.45) is 5.51. The van der Waals surface area contributed by atoms with Gasteiger partial charge in [0, 0.05) is 32.9 Å². The Kier molecular flexibility index (Phi) is 4.84. The van der Waals surface area contributed by atoms with Gasteiger partial charge in [-0.05, 0) is 18.4 Å². The highest BCUT2D eigenvalue weighted by molar-refractivity contribution is 6.33. The number of carbonyl (C=O) groups excluding carboxylic acids is 1. The first-order valence-electron chi connectivity index (χ1n) is 7.89. The lowest BCUT2D eigenvalue weighted by molar-refractivity contribution is 0.0302. The molecule has 1 amide bonds. The number of hydrogen-bond donors (Lipinski definition) is 0. The molecule has 0 unspecified atom stereocenters. The van der Waals surface area contributed by atoms with Gasteiger partial charge in [0.1, 0.15) is 5.82 Å². The second-order valence-corrected chi connectivity index (χ2v) is 6.49. The summed E-state index contributed by atoms with van der Waals surface area (Å²) >= 11 is 6.34. The van der Waals surface area contributed by atoms with Crippen molar-refractivity contribution >= 4 is 23.3 Å². The van der Waals surface area contributed by atoms with Gasteiger partial charge in [-0.15, -0.1) is 0 Å². The molecule has 0 atom stereocenters. The number of nitrogens with zero attached hydrogens (tertiary/aromatic N) is 3. The summed E-state index contributed by atoms with van der Waals surface area (Å²) in [6.45, 7) is 3.39. The van der Waals surface area contributed by atoms with Crippen molar-refractivity contribution in [3.05, 3.63) is 22.8 Å². The Bertz CT molecular complexity index is 542. The third-order valence-electron chi connectivity index (χ3n) is 4.30. The van der Waals surface area contributed by atoms with Crippen molar-refractivity contribution in [1.82, 2.24) is 9.88 Å². The van der Waals surface area contributed by atoms with Crippen LogP contribution in [-0.4, -0.2) is 55.7 Å². The highest BCUT2D eigenvalue weighted by atomic mass is 35.5. The largest absolute Gasteiger partial charge is 0.378 e. The molecule has 2 aliphatic rings. The van der Waals surface area contributed by atoms with Crippen LogP contribution in [-0.2, 0) is 4.74 Å². The van der Waals surface area contributed by atoms with Gasteiger partial charge in [0.2, 0.25) is 0 Å². The van der Waals surface area contributed by atoms with E-state index >= 15 is 0 Å². The van der Waals surface area contributed by atoms with E-state index in [1.165, 1.54) is 19.3 Å². The van der Waals surface area contributed by atoms with Gasteiger partial charge in [0.15, 0.2) is 0 Å². The van der Waals surface area contributed by atoms with Crippen LogP contribution in [0.3, 0.4) is 0 Å². The van der Waals surface area contributed by atoms with Crippen molar-refractivity contribution in [3.63, 3.8) is 0 Å². The SMILES string of the molecule is CN(CCC1CC1)c1ncc(C(=O)N2CCOCC2)cc1Cl. The highest BCUT2D eigenvalue weighted by Crippen LogP contribution is 2.33. The molecule has 120 valence electrons. The molecule has 22 heavy (non-hydrogen) atoms. The van der Waals surface area contributed by atoms with E-state index in [1.54, 1.807) is 17.2 Å². The van der Waals surface area contributed by atoms with Crippen molar-refractivity contribution in [2.24, 2.45) is 5.92 Å². The maximum atomic E-state index is 12.4. The molecule has 2 fully saturated rings. The number of ether oxygens (including phenoxy) is 1. The summed E-state index contributed by atoms with van der Waals surface area (Å²) in [5.74, 6) is 1.61. The van der Waals surface area contributed by atoms with Gasteiger partial charge >= 0.3 is 0 Å². The summed E-state index contributed by atoms with van der Waals surface area (Å²) in [4.78, 5) is 20.7. The van der Waals surface area contributed by atoms with Crippen molar-refractivity contribution in [3.8, 4) is 0 Å². The molecule has 1 aromatic rings. The molecule has 1 aromatic heterocycles. The fraction of sp³-hybridized carbons (Fsp3) is 0.625. The third kappa shape index (κ3) is 3.70. The van der Waals surface area contributed by atoms with Crippen molar-refractivity contribution in [2.45, 2.75) is 19.3 Å². The number of morpholine rings is 1. The van der Waals surface area contributed by atoms with E-state index in [0.29, 0.717) is 36.9 Å². The fourth-order valence-electron chi connectivity index (χ4n) is 2.67. The smallest absolute Gasteiger partial charge is 0.255 e. The molecule has 3 rings (SSSR count). The summed E-state index contributed by atoms with van der Waals surface area (Å²) in [6, 6.07) is 1.73. The molecular formula is C16H22ClN3O2. The zero-order valence-corrected chi connectivity index (χ0v) is 13.7. The van der Waals surface area contributed by atoms with Gasteiger partial charge in [0.05, 0.1) is 23.8 Å². The van der Waals surface area contributed by atoms with Crippen LogP contribution in [0.4, 0.5) is 5.82 Å². The Morgan fingerprint density at radius 2 is 2.18 bits per heavy atom. The number of halogens is 1. The molecule has 1 aliphatic carbocycles. The number of aromatic nitrogens is 1. The Morgan fingerprint density at radius 3 is 2.82 bits per heavy atom. The van der Waals surface area contributed by atoms with Gasteiger partial charge in [0.25, 0.3) is 5.91 Å². The van der Waals surface area contributed by atoms with Crippen LogP contribution in [0, 0.1) is 5.92 Å². The van der Waals surface area contributed by atoms with Crippen LogP contribution in [0.15, 0.2) is 12.3 Å². The first-order chi connectivity index (χ1) is 10.6. The van der Waals surface area contributed by atoms with E-state index in [-0.39, 0.29) is 5.91 Å². The van der Waals surface area contributed by atoms with E-state index in [2.05, 4.69) is 9.88 Å². The van der Waals surface area contributed by atoms with Crippen LogP contribution in [0.1, 0.15) is 29.6 Å². The molecule has 0 aromatic carbocycles. The molecule has 6 heteroatoms.